The number of nitrogens with zero attached hydrogens (tertiary/aromatic N) is 2. The maximum absolute atomic E-state index is 12.4. The van der Waals surface area contributed by atoms with Crippen molar-refractivity contribution in [3.63, 3.8) is 0 Å². The number of carbonyl (C=O) groups is 1. The van der Waals surface area contributed by atoms with Crippen LogP contribution in [-0.2, 0) is 11.2 Å². The lowest BCUT2D eigenvalue weighted by molar-refractivity contribution is -0.115. The highest BCUT2D eigenvalue weighted by atomic mass is 16.2. The lowest BCUT2D eigenvalue weighted by Crippen LogP contribution is -2.57. The van der Waals surface area contributed by atoms with Gasteiger partial charge in [0, 0.05) is 48.8 Å². The summed E-state index contributed by atoms with van der Waals surface area (Å²) in [5.41, 5.74) is 2.20. The van der Waals surface area contributed by atoms with E-state index in [1.165, 1.54) is 0 Å². The second-order valence-electron chi connectivity index (χ2n) is 7.56. The number of fused-ring (bicyclic) bond motifs is 1. The van der Waals surface area contributed by atoms with E-state index in [1.807, 2.05) is 36.2 Å². The van der Waals surface area contributed by atoms with Crippen LogP contribution in [0, 0.1) is 10.8 Å². The van der Waals surface area contributed by atoms with Gasteiger partial charge in [-0.15, -0.1) is 0 Å². The van der Waals surface area contributed by atoms with Crippen LogP contribution in [0.25, 0.3) is 10.9 Å². The molecule has 1 aromatic heterocycles. The Morgan fingerprint density at radius 3 is 2.82 bits per heavy atom. The van der Waals surface area contributed by atoms with E-state index in [9.17, 15) is 4.79 Å². The van der Waals surface area contributed by atoms with Crippen molar-refractivity contribution in [2.45, 2.75) is 32.4 Å². The predicted octanol–water partition coefficient (Wildman–Crippen LogP) is 1.35. The number of piperazine rings is 1. The van der Waals surface area contributed by atoms with E-state index in [0.29, 0.717) is 25.6 Å². The highest BCUT2D eigenvalue weighted by molar-refractivity contribution is 6.39. The summed E-state index contributed by atoms with van der Waals surface area (Å²) in [7, 11) is 2.06. The molecule has 1 amide bonds. The molecule has 5 N–H and O–H groups in total. The van der Waals surface area contributed by atoms with E-state index >= 15 is 0 Å². The van der Waals surface area contributed by atoms with Gasteiger partial charge in [0.05, 0.1) is 0 Å². The van der Waals surface area contributed by atoms with Gasteiger partial charge in [-0.25, -0.2) is 0 Å². The SMILES string of the molecule is CC(Cc1c[nH]c2ccccc12)NC(=O)C(=N)NC(=N)N1CCN(C)C(C)C1. The number of para-hydroxylation sites is 1. The second kappa shape index (κ2) is 8.43. The molecule has 2 unspecified atom stereocenters. The van der Waals surface area contributed by atoms with Crippen molar-refractivity contribution in [1.82, 2.24) is 25.4 Å². The third-order valence-corrected chi connectivity index (χ3v) is 5.32. The van der Waals surface area contributed by atoms with Crippen LogP contribution in [0.5, 0.6) is 0 Å². The van der Waals surface area contributed by atoms with Crippen LogP contribution in [0.2, 0.25) is 0 Å². The highest BCUT2D eigenvalue weighted by Gasteiger charge is 2.24. The Morgan fingerprint density at radius 2 is 2.07 bits per heavy atom. The minimum absolute atomic E-state index is 0.101. The topological polar surface area (TPSA) is 111 Å². The highest BCUT2D eigenvalue weighted by Crippen LogP contribution is 2.18. The summed E-state index contributed by atoms with van der Waals surface area (Å²) in [6.07, 6.45) is 2.62. The minimum atomic E-state index is -0.501. The first-order chi connectivity index (χ1) is 13.3. The van der Waals surface area contributed by atoms with Gasteiger partial charge in [0.2, 0.25) is 0 Å². The van der Waals surface area contributed by atoms with Gasteiger partial charge in [0.15, 0.2) is 11.8 Å². The number of hydrogen-bond acceptors (Lipinski definition) is 4. The molecule has 0 bridgehead atoms. The molecule has 1 saturated heterocycles. The molecular formula is C20H29N7O. The average molecular weight is 384 g/mol. The number of aromatic amines is 1. The van der Waals surface area contributed by atoms with Crippen molar-refractivity contribution >= 4 is 28.6 Å². The Kier molecular flexibility index (Phi) is 5.99. The van der Waals surface area contributed by atoms with E-state index in [0.717, 1.165) is 23.0 Å². The number of aromatic nitrogens is 1. The van der Waals surface area contributed by atoms with Crippen molar-refractivity contribution in [1.29, 1.82) is 10.8 Å². The number of amides is 1. The first-order valence-corrected chi connectivity index (χ1v) is 9.60. The Labute approximate surface area is 165 Å². The van der Waals surface area contributed by atoms with E-state index < -0.39 is 5.91 Å². The van der Waals surface area contributed by atoms with Crippen molar-refractivity contribution < 1.29 is 4.79 Å². The van der Waals surface area contributed by atoms with Gasteiger partial charge >= 0.3 is 0 Å². The Morgan fingerprint density at radius 1 is 1.32 bits per heavy atom. The van der Waals surface area contributed by atoms with E-state index in [4.69, 9.17) is 10.8 Å². The lowest BCUT2D eigenvalue weighted by Gasteiger charge is -2.38. The first kappa shape index (κ1) is 19.9. The van der Waals surface area contributed by atoms with Gasteiger partial charge in [0.25, 0.3) is 5.91 Å². The summed E-state index contributed by atoms with van der Waals surface area (Å²) < 4.78 is 0. The zero-order valence-corrected chi connectivity index (χ0v) is 16.7. The summed E-state index contributed by atoms with van der Waals surface area (Å²) in [5.74, 6) is -0.703. The second-order valence-corrected chi connectivity index (χ2v) is 7.56. The molecule has 28 heavy (non-hydrogen) atoms. The zero-order chi connectivity index (χ0) is 20.3. The number of H-pyrrole nitrogens is 1. The predicted molar refractivity (Wildman–Crippen MR) is 112 cm³/mol. The van der Waals surface area contributed by atoms with Gasteiger partial charge < -0.3 is 25.4 Å². The van der Waals surface area contributed by atoms with Crippen LogP contribution in [0.4, 0.5) is 0 Å². The average Bonchev–Trinajstić information content (AvgIpc) is 3.06. The third-order valence-electron chi connectivity index (χ3n) is 5.32. The van der Waals surface area contributed by atoms with Crippen molar-refractivity contribution in [2.75, 3.05) is 26.7 Å². The standard InChI is InChI=1S/C20H29N7O/c1-13(10-15-11-23-17-7-5-4-6-16(15)17)24-19(28)18(21)25-20(22)27-9-8-26(3)14(2)12-27/h4-7,11,13-14,23H,8-10,12H2,1-3H3,(H,24,28)(H3,21,22,25). The Hall–Kier alpha value is -2.87. The largest absolute Gasteiger partial charge is 0.361 e. The number of guanidine groups is 1. The number of likely N-dealkylation sites (N-methyl/N-ethyl adjacent to an activating group) is 1. The quantitative estimate of drug-likeness (QED) is 0.407. The van der Waals surface area contributed by atoms with Crippen molar-refractivity contribution in [3.8, 4) is 0 Å². The molecule has 0 saturated carbocycles. The van der Waals surface area contributed by atoms with Crippen LogP contribution in [0.15, 0.2) is 30.5 Å². The van der Waals surface area contributed by atoms with E-state index in [2.05, 4.69) is 40.6 Å². The maximum atomic E-state index is 12.4. The summed E-state index contributed by atoms with van der Waals surface area (Å²) in [4.78, 5) is 19.7. The number of rotatable bonds is 3. The smallest absolute Gasteiger partial charge is 0.286 e. The Bertz CT molecular complexity index is 874. The van der Waals surface area contributed by atoms with Gasteiger partial charge in [0.1, 0.15) is 0 Å². The molecule has 8 heteroatoms. The fourth-order valence-electron chi connectivity index (χ4n) is 3.48. The number of carbonyl (C=O) groups excluding carboxylic acids is 1. The number of benzene rings is 1. The molecule has 0 aliphatic carbocycles. The summed E-state index contributed by atoms with van der Waals surface area (Å²) in [6, 6.07) is 8.25. The van der Waals surface area contributed by atoms with E-state index in [1.54, 1.807) is 0 Å². The third kappa shape index (κ3) is 4.51. The molecule has 2 aromatic rings. The summed E-state index contributed by atoms with van der Waals surface area (Å²) >= 11 is 0. The normalized spacial score (nSPS) is 18.7. The maximum Gasteiger partial charge on any atom is 0.286 e. The number of nitrogens with one attached hydrogen (secondary N) is 5. The van der Waals surface area contributed by atoms with Gasteiger partial charge in [-0.3, -0.25) is 15.6 Å². The molecule has 1 aliphatic rings. The Balaban J connectivity index is 1.51. The van der Waals surface area contributed by atoms with Crippen LogP contribution in [0.3, 0.4) is 0 Å². The van der Waals surface area contributed by atoms with Crippen LogP contribution in [0.1, 0.15) is 19.4 Å². The fourth-order valence-corrected chi connectivity index (χ4v) is 3.48. The number of amidine groups is 1. The molecule has 1 fully saturated rings. The minimum Gasteiger partial charge on any atom is -0.361 e. The van der Waals surface area contributed by atoms with Gasteiger partial charge in [-0.1, -0.05) is 18.2 Å². The molecule has 3 rings (SSSR count). The van der Waals surface area contributed by atoms with Crippen LogP contribution in [-0.4, -0.2) is 71.3 Å². The molecular weight excluding hydrogens is 354 g/mol. The molecule has 150 valence electrons. The molecule has 0 radical (unpaired) electrons. The summed E-state index contributed by atoms with van der Waals surface area (Å²) in [6.45, 7) is 6.28. The van der Waals surface area contributed by atoms with Gasteiger partial charge in [-0.05, 0) is 38.9 Å². The lowest BCUT2D eigenvalue weighted by atomic mass is 10.1. The monoisotopic (exact) mass is 383 g/mol. The van der Waals surface area contributed by atoms with Crippen molar-refractivity contribution in [3.05, 3.63) is 36.0 Å². The number of hydrogen-bond donors (Lipinski definition) is 5. The van der Waals surface area contributed by atoms with Gasteiger partial charge in [-0.2, -0.15) is 0 Å². The first-order valence-electron chi connectivity index (χ1n) is 9.60. The molecule has 0 spiro atoms. The fraction of sp³-hybridized carbons (Fsp3) is 0.450. The molecule has 2 atom stereocenters. The summed E-state index contributed by atoms with van der Waals surface area (Å²) in [5, 5.41) is 22.8. The molecule has 1 aliphatic heterocycles. The van der Waals surface area contributed by atoms with Crippen LogP contribution >= 0.6 is 0 Å². The molecule has 2 heterocycles. The molecule has 8 nitrogen and oxygen atoms in total. The van der Waals surface area contributed by atoms with Crippen molar-refractivity contribution in [2.24, 2.45) is 0 Å². The van der Waals surface area contributed by atoms with E-state index in [-0.39, 0.29) is 17.8 Å². The van der Waals surface area contributed by atoms with Crippen LogP contribution < -0.4 is 10.6 Å². The molecule has 1 aromatic carbocycles. The zero-order valence-electron chi connectivity index (χ0n) is 16.7.